The van der Waals surface area contributed by atoms with Gasteiger partial charge in [-0.2, -0.15) is 0 Å². The van der Waals surface area contributed by atoms with Crippen molar-refractivity contribution in [3.63, 3.8) is 0 Å². The fourth-order valence-electron chi connectivity index (χ4n) is 2.66. The highest BCUT2D eigenvalue weighted by Crippen LogP contribution is 2.30. The molecule has 0 saturated heterocycles. The number of halogens is 1. The Morgan fingerprint density at radius 2 is 1.81 bits per heavy atom. The van der Waals surface area contributed by atoms with E-state index in [1.54, 1.807) is 6.20 Å². The lowest BCUT2D eigenvalue weighted by Crippen LogP contribution is -2.07. The lowest BCUT2D eigenvalue weighted by atomic mass is 10.1. The summed E-state index contributed by atoms with van der Waals surface area (Å²) >= 11 is 1.45. The fraction of sp³-hybridized carbons (Fsp3) is 0.0526. The average Bonchev–Trinajstić information content (AvgIpc) is 3.07. The Labute approximate surface area is 159 Å². The molecule has 8 heteroatoms. The van der Waals surface area contributed by atoms with Crippen LogP contribution in [0.1, 0.15) is 4.88 Å². The van der Waals surface area contributed by atoms with Gasteiger partial charge in [0.1, 0.15) is 11.6 Å². The van der Waals surface area contributed by atoms with Gasteiger partial charge in [0.05, 0.1) is 4.90 Å². The zero-order chi connectivity index (χ0) is 19.0. The van der Waals surface area contributed by atoms with Gasteiger partial charge in [0.15, 0.2) is 10.2 Å². The van der Waals surface area contributed by atoms with Gasteiger partial charge >= 0.3 is 0 Å². The van der Waals surface area contributed by atoms with Crippen molar-refractivity contribution in [2.24, 2.45) is 0 Å². The number of hydrogen-bond donors (Lipinski definition) is 1. The summed E-state index contributed by atoms with van der Waals surface area (Å²) in [6.07, 6.45) is 1.73. The first-order valence-corrected chi connectivity index (χ1v) is 10.3. The lowest BCUT2D eigenvalue weighted by molar-refractivity contribution is 0.591. The second-order valence-corrected chi connectivity index (χ2v) is 9.02. The summed E-state index contributed by atoms with van der Waals surface area (Å²) in [4.78, 5) is 9.62. The minimum Gasteiger partial charge on any atom is -0.316 e. The summed E-state index contributed by atoms with van der Waals surface area (Å²) in [6, 6.07) is 13.6. The molecule has 0 aliphatic carbocycles. The molecule has 2 aromatic carbocycles. The molecular weight excluding hydrogens is 385 g/mol. The first kappa shape index (κ1) is 17.6. The SMILES string of the molecule is Cc1cnc(Nc2nc(S(=O)(=O)c3ccc(F)cc3)cc3ccccc23)s1. The Morgan fingerprint density at radius 1 is 1.07 bits per heavy atom. The molecule has 4 rings (SSSR count). The maximum absolute atomic E-state index is 13.2. The van der Waals surface area contributed by atoms with E-state index in [1.165, 1.54) is 29.5 Å². The number of hydrogen-bond acceptors (Lipinski definition) is 6. The number of aryl methyl sites for hydroxylation is 1. The third kappa shape index (κ3) is 3.41. The van der Waals surface area contributed by atoms with Crippen molar-refractivity contribution < 1.29 is 12.8 Å². The quantitative estimate of drug-likeness (QED) is 0.503. The summed E-state index contributed by atoms with van der Waals surface area (Å²) in [7, 11) is -3.89. The van der Waals surface area contributed by atoms with Crippen molar-refractivity contribution in [2.75, 3.05) is 5.32 Å². The second-order valence-electron chi connectivity index (χ2n) is 5.89. The molecule has 0 amide bonds. The lowest BCUT2D eigenvalue weighted by Gasteiger charge is -2.10. The minimum atomic E-state index is -3.89. The molecule has 0 radical (unpaired) electrons. The molecule has 0 saturated carbocycles. The number of nitrogens with one attached hydrogen (secondary N) is 1. The highest BCUT2D eigenvalue weighted by Gasteiger charge is 2.21. The van der Waals surface area contributed by atoms with Gasteiger partial charge in [0.25, 0.3) is 0 Å². The van der Waals surface area contributed by atoms with Crippen LogP contribution in [0.25, 0.3) is 10.8 Å². The molecule has 0 aliphatic rings. The van der Waals surface area contributed by atoms with Crippen LogP contribution in [0.3, 0.4) is 0 Å². The Kier molecular flexibility index (Phi) is 4.37. The van der Waals surface area contributed by atoms with Gasteiger partial charge in [0, 0.05) is 16.5 Å². The van der Waals surface area contributed by atoms with E-state index in [0.29, 0.717) is 10.9 Å². The summed E-state index contributed by atoms with van der Waals surface area (Å²) in [5, 5.41) is 5.14. The van der Waals surface area contributed by atoms with Crippen LogP contribution in [0.5, 0.6) is 0 Å². The number of benzene rings is 2. The number of fused-ring (bicyclic) bond motifs is 1. The van der Waals surface area contributed by atoms with Gasteiger partial charge in [-0.15, -0.1) is 11.3 Å². The molecule has 0 spiro atoms. The largest absolute Gasteiger partial charge is 0.316 e. The van der Waals surface area contributed by atoms with Crippen molar-refractivity contribution in [3.8, 4) is 0 Å². The molecular formula is C19H14FN3O2S2. The van der Waals surface area contributed by atoms with E-state index in [9.17, 15) is 12.8 Å². The maximum atomic E-state index is 13.2. The van der Waals surface area contributed by atoms with Crippen LogP contribution in [0.15, 0.2) is 70.7 Å². The Balaban J connectivity index is 1.87. The second kappa shape index (κ2) is 6.71. The molecule has 5 nitrogen and oxygen atoms in total. The highest BCUT2D eigenvalue weighted by atomic mass is 32.2. The molecule has 27 heavy (non-hydrogen) atoms. The van der Waals surface area contributed by atoms with Crippen LogP contribution in [-0.2, 0) is 9.84 Å². The predicted molar refractivity (Wildman–Crippen MR) is 104 cm³/mol. The van der Waals surface area contributed by atoms with Crippen molar-refractivity contribution in [1.82, 2.24) is 9.97 Å². The van der Waals surface area contributed by atoms with Gasteiger partial charge in [-0.05, 0) is 42.6 Å². The van der Waals surface area contributed by atoms with Crippen LogP contribution in [-0.4, -0.2) is 18.4 Å². The Bertz CT molecular complexity index is 1240. The normalized spacial score (nSPS) is 11.6. The van der Waals surface area contributed by atoms with Crippen LogP contribution in [0, 0.1) is 12.7 Å². The van der Waals surface area contributed by atoms with Crippen LogP contribution in [0.2, 0.25) is 0 Å². The molecule has 0 fully saturated rings. The number of pyridine rings is 1. The van der Waals surface area contributed by atoms with Crippen molar-refractivity contribution in [3.05, 3.63) is 71.5 Å². The standard InChI is InChI=1S/C19H14FN3O2S2/c1-12-11-21-19(26-12)23-18-16-5-3-2-4-13(16)10-17(22-18)27(24,25)15-8-6-14(20)7-9-15/h2-11H,1H3,(H,21,22,23). The summed E-state index contributed by atoms with van der Waals surface area (Å²) < 4.78 is 39.1. The van der Waals surface area contributed by atoms with E-state index < -0.39 is 15.7 Å². The molecule has 0 aliphatic heterocycles. The van der Waals surface area contributed by atoms with Crippen LogP contribution in [0.4, 0.5) is 15.3 Å². The average molecular weight is 399 g/mol. The number of anilines is 2. The van der Waals surface area contributed by atoms with Gasteiger partial charge in [0.2, 0.25) is 9.84 Å². The maximum Gasteiger partial charge on any atom is 0.223 e. The molecule has 136 valence electrons. The fourth-order valence-corrected chi connectivity index (χ4v) is 4.55. The highest BCUT2D eigenvalue weighted by molar-refractivity contribution is 7.91. The number of nitrogens with zero attached hydrogens (tertiary/aromatic N) is 2. The monoisotopic (exact) mass is 399 g/mol. The van der Waals surface area contributed by atoms with E-state index in [4.69, 9.17) is 0 Å². The first-order valence-electron chi connectivity index (χ1n) is 8.03. The van der Waals surface area contributed by atoms with E-state index in [2.05, 4.69) is 15.3 Å². The number of sulfone groups is 1. The van der Waals surface area contributed by atoms with Gasteiger partial charge in [-0.25, -0.2) is 22.8 Å². The first-order chi connectivity index (χ1) is 12.9. The van der Waals surface area contributed by atoms with E-state index in [0.717, 1.165) is 27.8 Å². The zero-order valence-electron chi connectivity index (χ0n) is 14.2. The Hall–Kier alpha value is -2.84. The van der Waals surface area contributed by atoms with Crippen LogP contribution < -0.4 is 5.32 Å². The molecule has 0 unspecified atom stereocenters. The predicted octanol–water partition coefficient (Wildman–Crippen LogP) is 4.72. The van der Waals surface area contributed by atoms with Gasteiger partial charge in [-0.1, -0.05) is 24.3 Å². The van der Waals surface area contributed by atoms with Crippen LogP contribution >= 0.6 is 11.3 Å². The van der Waals surface area contributed by atoms with Crippen molar-refractivity contribution in [1.29, 1.82) is 0 Å². The van der Waals surface area contributed by atoms with Crippen molar-refractivity contribution >= 4 is 42.9 Å². The van der Waals surface area contributed by atoms with E-state index >= 15 is 0 Å². The smallest absolute Gasteiger partial charge is 0.223 e. The minimum absolute atomic E-state index is 0.0114. The molecule has 2 heterocycles. The number of rotatable bonds is 4. The summed E-state index contributed by atoms with van der Waals surface area (Å²) in [5.74, 6) is -0.0925. The molecule has 1 N–H and O–H groups in total. The van der Waals surface area contributed by atoms with Gasteiger partial charge < -0.3 is 5.32 Å². The summed E-state index contributed by atoms with van der Waals surface area (Å²) in [6.45, 7) is 1.93. The number of aromatic nitrogens is 2. The topological polar surface area (TPSA) is 72.0 Å². The number of thiazole rings is 1. The molecule has 4 aromatic rings. The van der Waals surface area contributed by atoms with Gasteiger partial charge in [-0.3, -0.25) is 0 Å². The Morgan fingerprint density at radius 3 is 2.52 bits per heavy atom. The third-order valence-corrected chi connectivity index (χ3v) is 6.44. The molecule has 0 bridgehead atoms. The van der Waals surface area contributed by atoms with E-state index in [-0.39, 0.29) is 9.92 Å². The summed E-state index contributed by atoms with van der Waals surface area (Å²) in [5.41, 5.74) is 0. The zero-order valence-corrected chi connectivity index (χ0v) is 15.8. The van der Waals surface area contributed by atoms with E-state index in [1.807, 2.05) is 31.2 Å². The molecule has 0 atom stereocenters. The van der Waals surface area contributed by atoms with Crippen molar-refractivity contribution in [2.45, 2.75) is 16.8 Å². The third-order valence-electron chi connectivity index (χ3n) is 3.96. The molecule has 2 aromatic heterocycles.